The van der Waals surface area contributed by atoms with Crippen molar-refractivity contribution < 1.29 is 4.79 Å². The summed E-state index contributed by atoms with van der Waals surface area (Å²) in [6.07, 6.45) is 0. The van der Waals surface area contributed by atoms with Gasteiger partial charge in [0.2, 0.25) is 5.91 Å². The van der Waals surface area contributed by atoms with Crippen LogP contribution in [0.15, 0.2) is 118 Å². The SMILES string of the molecule is Cc1ccc(NC(=S)Nc2cccc(SC(C(=O)Nc3nc(-c4ccc(Br)cc4)cs3)c3ccccc3)c2)cc1. The Labute approximate surface area is 255 Å². The van der Waals surface area contributed by atoms with Crippen LogP contribution in [0.2, 0.25) is 0 Å². The van der Waals surface area contributed by atoms with E-state index < -0.39 is 5.25 Å². The number of thioether (sulfide) groups is 1. The van der Waals surface area contributed by atoms with Gasteiger partial charge in [0.05, 0.1) is 5.69 Å². The first-order valence-corrected chi connectivity index (χ1v) is 15.4. The molecular weight excluding hydrogens is 620 g/mol. The Bertz CT molecular complexity index is 1610. The van der Waals surface area contributed by atoms with Crippen LogP contribution < -0.4 is 16.0 Å². The Hall–Kier alpha value is -3.50. The third kappa shape index (κ3) is 7.57. The first-order valence-electron chi connectivity index (χ1n) is 12.4. The lowest BCUT2D eigenvalue weighted by molar-refractivity contribution is -0.115. The van der Waals surface area contributed by atoms with Gasteiger partial charge in [-0.2, -0.15) is 0 Å². The number of rotatable bonds is 8. The minimum atomic E-state index is -0.478. The highest BCUT2D eigenvalue weighted by Gasteiger charge is 2.23. The molecule has 1 amide bonds. The lowest BCUT2D eigenvalue weighted by Gasteiger charge is -2.17. The van der Waals surface area contributed by atoms with E-state index in [2.05, 4.69) is 36.9 Å². The second-order valence-corrected chi connectivity index (χ2v) is 12.3. The number of nitrogens with one attached hydrogen (secondary N) is 3. The van der Waals surface area contributed by atoms with Crippen LogP contribution in [0, 0.1) is 6.92 Å². The maximum absolute atomic E-state index is 13.6. The summed E-state index contributed by atoms with van der Waals surface area (Å²) in [6.45, 7) is 2.05. The van der Waals surface area contributed by atoms with E-state index in [0.29, 0.717) is 10.2 Å². The number of aryl methyl sites for hydroxylation is 1. The molecule has 5 rings (SSSR count). The maximum atomic E-state index is 13.6. The molecule has 3 N–H and O–H groups in total. The van der Waals surface area contributed by atoms with Gasteiger partial charge in [0.1, 0.15) is 5.25 Å². The van der Waals surface area contributed by atoms with Crippen molar-refractivity contribution in [3.63, 3.8) is 0 Å². The van der Waals surface area contributed by atoms with Crippen molar-refractivity contribution >= 4 is 78.8 Å². The fourth-order valence-corrected chi connectivity index (χ4v) is 6.18. The number of carbonyl (C=O) groups is 1. The summed E-state index contributed by atoms with van der Waals surface area (Å²) in [5.41, 5.74) is 5.66. The second kappa shape index (κ2) is 13.2. The van der Waals surface area contributed by atoms with Crippen molar-refractivity contribution in [3.8, 4) is 11.3 Å². The summed E-state index contributed by atoms with van der Waals surface area (Å²) >= 11 is 11.9. The smallest absolute Gasteiger partial charge is 0.244 e. The van der Waals surface area contributed by atoms with Crippen LogP contribution in [-0.2, 0) is 4.79 Å². The van der Waals surface area contributed by atoms with E-state index in [1.807, 2.05) is 115 Å². The standard InChI is InChI=1S/C31H25BrN4OS3/c1-20-10-16-24(17-11-20)33-30(38)34-25-8-5-9-26(18-25)40-28(22-6-3-2-4-7-22)29(37)36-31-35-27(19-39-31)21-12-14-23(32)15-13-21/h2-19,28H,1H3,(H2,33,34,38)(H,35,36,37). The molecule has 0 spiro atoms. The van der Waals surface area contributed by atoms with Gasteiger partial charge in [-0.25, -0.2) is 4.98 Å². The number of thiazole rings is 1. The Kier molecular flexibility index (Phi) is 9.28. The molecule has 0 aliphatic heterocycles. The van der Waals surface area contributed by atoms with Crippen LogP contribution in [0.25, 0.3) is 11.3 Å². The van der Waals surface area contributed by atoms with Crippen molar-refractivity contribution in [2.45, 2.75) is 17.1 Å². The molecule has 1 atom stereocenters. The van der Waals surface area contributed by atoms with Crippen molar-refractivity contribution in [3.05, 3.63) is 124 Å². The Morgan fingerprint density at radius 1 is 0.875 bits per heavy atom. The van der Waals surface area contributed by atoms with E-state index in [-0.39, 0.29) is 5.91 Å². The quantitative estimate of drug-likeness (QED) is 0.116. The lowest BCUT2D eigenvalue weighted by atomic mass is 10.1. The Morgan fingerprint density at radius 2 is 1.60 bits per heavy atom. The fraction of sp³-hybridized carbons (Fsp3) is 0.0645. The molecule has 200 valence electrons. The molecule has 0 saturated carbocycles. The van der Waals surface area contributed by atoms with E-state index in [9.17, 15) is 4.79 Å². The Balaban J connectivity index is 1.29. The van der Waals surface area contributed by atoms with Gasteiger partial charge in [0.25, 0.3) is 0 Å². The molecule has 0 radical (unpaired) electrons. The van der Waals surface area contributed by atoms with Gasteiger partial charge in [0, 0.05) is 31.7 Å². The van der Waals surface area contributed by atoms with Crippen LogP contribution >= 0.6 is 51.2 Å². The second-order valence-electron chi connectivity index (χ2n) is 8.92. The predicted molar refractivity (Wildman–Crippen MR) is 176 cm³/mol. The number of halogens is 1. The van der Waals surface area contributed by atoms with E-state index in [1.165, 1.54) is 28.7 Å². The molecule has 0 fully saturated rings. The van der Waals surface area contributed by atoms with Crippen molar-refractivity contribution in [2.24, 2.45) is 0 Å². The zero-order valence-electron chi connectivity index (χ0n) is 21.4. The van der Waals surface area contributed by atoms with Gasteiger partial charge >= 0.3 is 0 Å². The molecule has 1 heterocycles. The normalized spacial score (nSPS) is 11.4. The lowest BCUT2D eigenvalue weighted by Crippen LogP contribution is -2.19. The van der Waals surface area contributed by atoms with Gasteiger partial charge in [-0.05, 0) is 67.2 Å². The van der Waals surface area contributed by atoms with Crippen LogP contribution in [0.1, 0.15) is 16.4 Å². The highest BCUT2D eigenvalue weighted by molar-refractivity contribution is 9.10. The number of benzene rings is 4. The van der Waals surface area contributed by atoms with Gasteiger partial charge in [0.15, 0.2) is 10.2 Å². The summed E-state index contributed by atoms with van der Waals surface area (Å²) in [7, 11) is 0. The number of hydrogen-bond donors (Lipinski definition) is 3. The topological polar surface area (TPSA) is 66.0 Å². The molecule has 1 aromatic heterocycles. The summed E-state index contributed by atoms with van der Waals surface area (Å²) in [5, 5.41) is 12.0. The number of aromatic nitrogens is 1. The molecule has 0 bridgehead atoms. The summed E-state index contributed by atoms with van der Waals surface area (Å²) in [5.74, 6) is -0.136. The van der Waals surface area contributed by atoms with Crippen LogP contribution in [0.3, 0.4) is 0 Å². The van der Waals surface area contributed by atoms with Gasteiger partial charge < -0.3 is 16.0 Å². The van der Waals surface area contributed by atoms with E-state index in [4.69, 9.17) is 12.2 Å². The number of anilines is 3. The van der Waals surface area contributed by atoms with Crippen molar-refractivity contribution in [1.82, 2.24) is 4.98 Å². The predicted octanol–water partition coefficient (Wildman–Crippen LogP) is 9.16. The molecule has 5 nitrogen and oxygen atoms in total. The first kappa shape index (κ1) is 28.0. The molecule has 0 aliphatic carbocycles. The van der Waals surface area contributed by atoms with Crippen LogP contribution in [0.4, 0.5) is 16.5 Å². The molecule has 5 aromatic rings. The van der Waals surface area contributed by atoms with Crippen molar-refractivity contribution in [1.29, 1.82) is 0 Å². The Morgan fingerprint density at radius 3 is 2.35 bits per heavy atom. The van der Waals surface area contributed by atoms with Crippen molar-refractivity contribution in [2.75, 3.05) is 16.0 Å². The van der Waals surface area contributed by atoms with Crippen LogP contribution in [-0.4, -0.2) is 16.0 Å². The largest absolute Gasteiger partial charge is 0.332 e. The molecule has 0 aliphatic rings. The third-order valence-electron chi connectivity index (χ3n) is 5.87. The maximum Gasteiger partial charge on any atom is 0.244 e. The summed E-state index contributed by atoms with van der Waals surface area (Å²) < 4.78 is 1.01. The number of carbonyl (C=O) groups excluding carboxylic acids is 1. The molecule has 4 aromatic carbocycles. The highest BCUT2D eigenvalue weighted by atomic mass is 79.9. The number of nitrogens with zero attached hydrogens (tertiary/aromatic N) is 1. The van der Waals surface area contributed by atoms with E-state index in [0.717, 1.165) is 37.6 Å². The average Bonchev–Trinajstić information content (AvgIpc) is 3.42. The fourth-order valence-electron chi connectivity index (χ4n) is 3.87. The number of amides is 1. The highest BCUT2D eigenvalue weighted by Crippen LogP contribution is 2.38. The molecule has 40 heavy (non-hydrogen) atoms. The minimum Gasteiger partial charge on any atom is -0.332 e. The number of hydrogen-bond acceptors (Lipinski definition) is 5. The molecule has 0 saturated heterocycles. The molecular formula is C31H25BrN4OS3. The van der Waals surface area contributed by atoms with E-state index >= 15 is 0 Å². The monoisotopic (exact) mass is 644 g/mol. The molecule has 9 heteroatoms. The third-order valence-corrected chi connectivity index (χ3v) is 8.61. The van der Waals surface area contributed by atoms with Gasteiger partial charge in [-0.3, -0.25) is 4.79 Å². The van der Waals surface area contributed by atoms with Crippen LogP contribution in [0.5, 0.6) is 0 Å². The first-order chi connectivity index (χ1) is 19.4. The zero-order chi connectivity index (χ0) is 27.9. The zero-order valence-corrected chi connectivity index (χ0v) is 25.5. The number of thiocarbonyl (C=S) groups is 1. The summed E-state index contributed by atoms with van der Waals surface area (Å²) in [4.78, 5) is 19.2. The van der Waals surface area contributed by atoms with Gasteiger partial charge in [-0.15, -0.1) is 23.1 Å². The minimum absolute atomic E-state index is 0.136. The van der Waals surface area contributed by atoms with Gasteiger partial charge in [-0.1, -0.05) is 82.2 Å². The van der Waals surface area contributed by atoms with E-state index in [1.54, 1.807) is 0 Å². The summed E-state index contributed by atoms with van der Waals surface area (Å²) in [6, 6.07) is 33.6. The molecule has 1 unspecified atom stereocenters. The average molecular weight is 646 g/mol.